The van der Waals surface area contributed by atoms with Crippen LogP contribution in [0, 0.1) is 11.5 Å². The molecule has 0 bridgehead atoms. The number of nitrogens with zero attached hydrogens (tertiary/aromatic N) is 3. The lowest BCUT2D eigenvalue weighted by Crippen LogP contribution is -1.82. The molecule has 0 spiro atoms. The normalized spacial score (nSPS) is 9.50. The highest BCUT2D eigenvalue weighted by Gasteiger charge is 1.81. The minimum atomic E-state index is 0.698. The molecule has 0 radical (unpaired) electrons. The average Bonchev–Trinajstić information content (AvgIpc) is 2.03. The van der Waals surface area contributed by atoms with Gasteiger partial charge in [0.25, 0.3) is 0 Å². The van der Waals surface area contributed by atoms with Crippen molar-refractivity contribution in [2.45, 2.75) is 0 Å². The summed E-state index contributed by atoms with van der Waals surface area (Å²) >= 11 is 0. The minimum absolute atomic E-state index is 0.698. The molecule has 0 aromatic carbocycles. The molecule has 1 rings (SSSR count). The zero-order valence-corrected chi connectivity index (χ0v) is 5.23. The van der Waals surface area contributed by atoms with Crippen LogP contribution in [0.15, 0.2) is 29.4 Å². The van der Waals surface area contributed by atoms with Crippen molar-refractivity contribution in [2.75, 3.05) is 0 Å². The van der Waals surface area contributed by atoms with Crippen molar-refractivity contribution in [3.8, 4) is 6.19 Å². The molecule has 0 aliphatic rings. The molecule has 0 aliphatic heterocycles. The SMILES string of the molecule is N#CN=Cc1ccccn1. The lowest BCUT2D eigenvalue weighted by molar-refractivity contribution is 1.30. The van der Waals surface area contributed by atoms with Crippen LogP contribution in [0.3, 0.4) is 0 Å². The van der Waals surface area contributed by atoms with Gasteiger partial charge in [-0.05, 0) is 12.1 Å². The van der Waals surface area contributed by atoms with Crippen LogP contribution in [-0.2, 0) is 0 Å². The third kappa shape index (κ3) is 1.67. The number of hydrogen-bond acceptors (Lipinski definition) is 3. The Bertz CT molecular complexity index is 258. The molecule has 1 heterocycles. The number of nitriles is 1. The first-order valence-electron chi connectivity index (χ1n) is 2.76. The smallest absolute Gasteiger partial charge is 0.205 e. The molecule has 0 atom stereocenters. The van der Waals surface area contributed by atoms with Gasteiger partial charge < -0.3 is 0 Å². The molecule has 3 heteroatoms. The minimum Gasteiger partial charge on any atom is -0.255 e. The van der Waals surface area contributed by atoms with Gasteiger partial charge in [0, 0.05) is 6.20 Å². The molecule has 3 nitrogen and oxygen atoms in total. The quantitative estimate of drug-likeness (QED) is 0.421. The van der Waals surface area contributed by atoms with Crippen LogP contribution in [0.4, 0.5) is 0 Å². The molecule has 48 valence electrons. The van der Waals surface area contributed by atoms with Crippen molar-refractivity contribution in [3.63, 3.8) is 0 Å². The van der Waals surface area contributed by atoms with Crippen LogP contribution < -0.4 is 0 Å². The van der Waals surface area contributed by atoms with Gasteiger partial charge in [-0.15, -0.1) is 0 Å². The standard InChI is InChI=1S/C7H5N3/c8-6-9-5-7-3-1-2-4-10-7/h1-5H. The van der Waals surface area contributed by atoms with Crippen LogP contribution in [0.2, 0.25) is 0 Å². The summed E-state index contributed by atoms with van der Waals surface area (Å²) in [7, 11) is 0. The maximum atomic E-state index is 8.05. The van der Waals surface area contributed by atoms with E-state index in [4.69, 9.17) is 5.26 Å². The van der Waals surface area contributed by atoms with Crippen LogP contribution in [0.5, 0.6) is 0 Å². The second-order valence-corrected chi connectivity index (χ2v) is 1.61. The van der Waals surface area contributed by atoms with Gasteiger partial charge in [0.1, 0.15) is 0 Å². The van der Waals surface area contributed by atoms with Gasteiger partial charge in [-0.2, -0.15) is 10.3 Å². The van der Waals surface area contributed by atoms with E-state index < -0.39 is 0 Å². The molecule has 0 amide bonds. The predicted octanol–water partition coefficient (Wildman–Crippen LogP) is 0.982. The van der Waals surface area contributed by atoms with Crippen molar-refractivity contribution in [3.05, 3.63) is 30.1 Å². The number of aromatic nitrogens is 1. The highest BCUT2D eigenvalue weighted by atomic mass is 14.7. The van der Waals surface area contributed by atoms with Crippen LogP contribution in [0.1, 0.15) is 5.69 Å². The Morgan fingerprint density at radius 1 is 1.60 bits per heavy atom. The number of aliphatic imine (C=N–C) groups is 1. The number of pyridine rings is 1. The Labute approximate surface area is 58.7 Å². The maximum Gasteiger partial charge on any atom is 0.205 e. The van der Waals surface area contributed by atoms with Crippen LogP contribution in [-0.4, -0.2) is 11.2 Å². The van der Waals surface area contributed by atoms with E-state index in [0.29, 0.717) is 5.69 Å². The second-order valence-electron chi connectivity index (χ2n) is 1.61. The topological polar surface area (TPSA) is 49.0 Å². The summed E-state index contributed by atoms with van der Waals surface area (Å²) < 4.78 is 0. The van der Waals surface area contributed by atoms with Crippen molar-refractivity contribution in [1.82, 2.24) is 4.98 Å². The van der Waals surface area contributed by atoms with Gasteiger partial charge in [0.05, 0.1) is 11.9 Å². The maximum absolute atomic E-state index is 8.05. The monoisotopic (exact) mass is 131 g/mol. The lowest BCUT2D eigenvalue weighted by Gasteiger charge is -1.84. The third-order valence-corrected chi connectivity index (χ3v) is 0.942. The number of hydrogen-bond donors (Lipinski definition) is 0. The first-order chi connectivity index (χ1) is 4.93. The molecule has 10 heavy (non-hydrogen) atoms. The summed E-state index contributed by atoms with van der Waals surface area (Å²) in [5.41, 5.74) is 0.698. The van der Waals surface area contributed by atoms with E-state index in [1.807, 2.05) is 12.1 Å². The molecular formula is C7H5N3. The highest BCUT2D eigenvalue weighted by Crippen LogP contribution is 1.87. The van der Waals surface area contributed by atoms with Crippen molar-refractivity contribution in [2.24, 2.45) is 4.99 Å². The lowest BCUT2D eigenvalue weighted by atomic mass is 10.4. The van der Waals surface area contributed by atoms with E-state index in [2.05, 4.69) is 9.98 Å². The summed E-state index contributed by atoms with van der Waals surface area (Å²) in [4.78, 5) is 7.28. The highest BCUT2D eigenvalue weighted by molar-refractivity contribution is 5.77. The van der Waals surface area contributed by atoms with Crippen molar-refractivity contribution >= 4 is 6.21 Å². The first kappa shape index (κ1) is 6.43. The van der Waals surface area contributed by atoms with Crippen molar-refractivity contribution in [1.29, 1.82) is 5.26 Å². The van der Waals surface area contributed by atoms with Gasteiger partial charge >= 0.3 is 0 Å². The zero-order valence-electron chi connectivity index (χ0n) is 5.23. The Morgan fingerprint density at radius 3 is 3.10 bits per heavy atom. The summed E-state index contributed by atoms with van der Waals surface area (Å²) in [6.45, 7) is 0. The van der Waals surface area contributed by atoms with Crippen LogP contribution >= 0.6 is 0 Å². The largest absolute Gasteiger partial charge is 0.255 e. The molecule has 1 aromatic rings. The van der Waals surface area contributed by atoms with E-state index in [-0.39, 0.29) is 0 Å². The van der Waals surface area contributed by atoms with Gasteiger partial charge in [-0.3, -0.25) is 4.98 Å². The van der Waals surface area contributed by atoms with E-state index in [9.17, 15) is 0 Å². The summed E-state index contributed by atoms with van der Waals surface area (Å²) in [5, 5.41) is 8.05. The fourth-order valence-corrected chi connectivity index (χ4v) is 0.547. The zero-order chi connectivity index (χ0) is 7.23. The average molecular weight is 131 g/mol. The van der Waals surface area contributed by atoms with Crippen LogP contribution in [0.25, 0.3) is 0 Å². The van der Waals surface area contributed by atoms with Crippen molar-refractivity contribution < 1.29 is 0 Å². The molecule has 0 aliphatic carbocycles. The van der Waals surface area contributed by atoms with E-state index in [1.165, 1.54) is 6.21 Å². The van der Waals surface area contributed by atoms with E-state index in [1.54, 1.807) is 18.5 Å². The fraction of sp³-hybridized carbons (Fsp3) is 0. The Balaban J connectivity index is 2.79. The third-order valence-electron chi connectivity index (χ3n) is 0.942. The summed E-state index contributed by atoms with van der Waals surface area (Å²) in [5.74, 6) is 0. The Morgan fingerprint density at radius 2 is 2.50 bits per heavy atom. The van der Waals surface area contributed by atoms with E-state index >= 15 is 0 Å². The van der Waals surface area contributed by atoms with Gasteiger partial charge in [-0.1, -0.05) is 6.07 Å². The molecule has 0 saturated heterocycles. The second kappa shape index (κ2) is 3.36. The van der Waals surface area contributed by atoms with Gasteiger partial charge in [-0.25, -0.2) is 0 Å². The number of rotatable bonds is 1. The van der Waals surface area contributed by atoms with E-state index in [0.717, 1.165) is 0 Å². The van der Waals surface area contributed by atoms with Gasteiger partial charge in [0.15, 0.2) is 0 Å². The van der Waals surface area contributed by atoms with Gasteiger partial charge in [0.2, 0.25) is 6.19 Å². The molecule has 1 aromatic heterocycles. The first-order valence-corrected chi connectivity index (χ1v) is 2.76. The predicted molar refractivity (Wildman–Crippen MR) is 37.4 cm³/mol. The fourth-order valence-electron chi connectivity index (χ4n) is 0.547. The summed E-state index contributed by atoms with van der Waals surface area (Å²) in [6.07, 6.45) is 4.71. The molecule has 0 fully saturated rings. The molecule has 0 saturated carbocycles. The molecular weight excluding hydrogens is 126 g/mol. The Hall–Kier alpha value is -1.69. The summed E-state index contributed by atoms with van der Waals surface area (Å²) in [6, 6.07) is 5.43. The Kier molecular flexibility index (Phi) is 2.16. The molecule has 0 N–H and O–H groups in total. The molecule has 0 unspecified atom stereocenters.